The predicted octanol–water partition coefficient (Wildman–Crippen LogP) is 1.50. The molecule has 1 aliphatic heterocycles. The fraction of sp³-hybridized carbons (Fsp3) is 0.692. The van der Waals surface area contributed by atoms with Crippen molar-refractivity contribution in [3.05, 3.63) is 16.5 Å². The van der Waals surface area contributed by atoms with Gasteiger partial charge in [0, 0.05) is 25.7 Å². The molecule has 0 radical (unpaired) electrons. The Morgan fingerprint density at radius 3 is 2.52 bits per heavy atom. The van der Waals surface area contributed by atoms with E-state index in [9.17, 15) is 8.42 Å². The van der Waals surface area contributed by atoms with Crippen molar-refractivity contribution in [2.75, 3.05) is 33.7 Å². The second-order valence-electron chi connectivity index (χ2n) is 5.62. The predicted molar refractivity (Wildman–Crippen MR) is 82.4 cm³/mol. The van der Waals surface area contributed by atoms with Crippen LogP contribution in [0.15, 0.2) is 20.0 Å². The minimum Gasteiger partial charge on any atom is -0.450 e. The molecule has 0 amide bonds. The lowest BCUT2D eigenvalue weighted by atomic mass is 9.98. The van der Waals surface area contributed by atoms with Crippen LogP contribution in [0.5, 0.6) is 0 Å². The summed E-state index contributed by atoms with van der Waals surface area (Å²) in [6, 6.07) is 1.38. The van der Waals surface area contributed by atoms with Crippen LogP contribution in [-0.4, -0.2) is 56.5 Å². The van der Waals surface area contributed by atoms with Gasteiger partial charge in [0.15, 0.2) is 4.67 Å². The Kier molecular flexibility index (Phi) is 5.48. The Hall–Kier alpha value is -0.410. The van der Waals surface area contributed by atoms with Crippen LogP contribution in [-0.2, 0) is 16.6 Å². The maximum absolute atomic E-state index is 12.6. The average molecular weight is 381 g/mol. The van der Waals surface area contributed by atoms with Gasteiger partial charge in [0.2, 0.25) is 10.0 Å². The molecule has 2 rings (SSSR count). The van der Waals surface area contributed by atoms with Gasteiger partial charge >= 0.3 is 0 Å². The zero-order valence-corrected chi connectivity index (χ0v) is 14.7. The number of piperidine rings is 1. The molecule has 1 saturated heterocycles. The summed E-state index contributed by atoms with van der Waals surface area (Å²) in [6.07, 6.45) is 1.72. The van der Waals surface area contributed by atoms with Crippen molar-refractivity contribution in [2.24, 2.45) is 5.92 Å². The molecule has 1 aliphatic rings. The van der Waals surface area contributed by atoms with Crippen molar-refractivity contribution in [2.45, 2.75) is 24.3 Å². The Morgan fingerprint density at radius 1 is 1.43 bits per heavy atom. The van der Waals surface area contributed by atoms with Crippen LogP contribution in [0.2, 0.25) is 0 Å². The van der Waals surface area contributed by atoms with Crippen LogP contribution in [0.25, 0.3) is 0 Å². The summed E-state index contributed by atoms with van der Waals surface area (Å²) in [5.74, 6) is 0.773. The molecule has 1 aromatic rings. The summed E-state index contributed by atoms with van der Waals surface area (Å²) >= 11 is 3.11. The molecular weight excluding hydrogens is 360 g/mol. The van der Waals surface area contributed by atoms with E-state index < -0.39 is 10.0 Å². The minimum atomic E-state index is -3.57. The molecule has 0 unspecified atom stereocenters. The average Bonchev–Trinajstić information content (AvgIpc) is 2.81. The van der Waals surface area contributed by atoms with Gasteiger partial charge in [-0.1, -0.05) is 0 Å². The number of furan rings is 1. The molecule has 0 aliphatic carbocycles. The van der Waals surface area contributed by atoms with Gasteiger partial charge in [-0.2, -0.15) is 4.31 Å². The highest BCUT2D eigenvalue weighted by Crippen LogP contribution is 2.31. The lowest BCUT2D eigenvalue weighted by Crippen LogP contribution is -2.40. The molecule has 2 heterocycles. The maximum Gasteiger partial charge on any atom is 0.247 e. The van der Waals surface area contributed by atoms with E-state index in [-0.39, 0.29) is 21.9 Å². The number of aliphatic hydroxyl groups is 1. The van der Waals surface area contributed by atoms with Crippen LogP contribution < -0.4 is 0 Å². The van der Waals surface area contributed by atoms with Crippen LogP contribution in [0.4, 0.5) is 0 Å². The zero-order chi connectivity index (χ0) is 15.6. The third kappa shape index (κ3) is 3.87. The summed E-state index contributed by atoms with van der Waals surface area (Å²) in [4.78, 5) is 2.23. The number of nitrogens with zero attached hydrogens (tertiary/aromatic N) is 2. The quantitative estimate of drug-likeness (QED) is 0.837. The largest absolute Gasteiger partial charge is 0.450 e. The fourth-order valence-electron chi connectivity index (χ4n) is 2.64. The first-order valence-electron chi connectivity index (χ1n) is 6.88. The maximum atomic E-state index is 12.6. The number of hydrogen-bond donors (Lipinski definition) is 1. The Bertz CT molecular complexity index is 577. The number of aliphatic hydroxyl groups excluding tert-OH is 1. The summed E-state index contributed by atoms with van der Waals surface area (Å²) in [5, 5.41) is 9.04. The highest BCUT2D eigenvalue weighted by Gasteiger charge is 2.32. The van der Waals surface area contributed by atoms with E-state index >= 15 is 0 Å². The van der Waals surface area contributed by atoms with Gasteiger partial charge in [0.05, 0.1) is 0 Å². The van der Waals surface area contributed by atoms with Crippen LogP contribution in [0, 0.1) is 5.92 Å². The Balaban J connectivity index is 2.09. The summed E-state index contributed by atoms with van der Waals surface area (Å²) in [6.45, 7) is 1.71. The first-order valence-corrected chi connectivity index (χ1v) is 9.12. The van der Waals surface area contributed by atoms with Crippen molar-refractivity contribution in [3.63, 3.8) is 0 Å². The molecule has 8 heteroatoms. The first kappa shape index (κ1) is 17.0. The Labute approximate surface area is 133 Å². The van der Waals surface area contributed by atoms with Crippen molar-refractivity contribution in [1.82, 2.24) is 9.21 Å². The molecule has 1 N–H and O–H groups in total. The fourth-order valence-corrected chi connectivity index (χ4v) is 5.07. The smallest absolute Gasteiger partial charge is 0.247 e. The van der Waals surface area contributed by atoms with Gasteiger partial charge < -0.3 is 14.4 Å². The van der Waals surface area contributed by atoms with Gasteiger partial charge in [0.25, 0.3) is 0 Å². The number of sulfonamides is 1. The number of halogens is 1. The third-order valence-electron chi connectivity index (χ3n) is 3.68. The summed E-state index contributed by atoms with van der Waals surface area (Å²) < 4.78 is 32.0. The lowest BCUT2D eigenvalue weighted by Gasteiger charge is -2.32. The van der Waals surface area contributed by atoms with Crippen molar-refractivity contribution in [1.29, 1.82) is 0 Å². The van der Waals surface area contributed by atoms with Gasteiger partial charge in [-0.3, -0.25) is 0 Å². The summed E-state index contributed by atoms with van der Waals surface area (Å²) in [7, 11) is 0.494. The van der Waals surface area contributed by atoms with Crippen LogP contribution in [0.3, 0.4) is 0 Å². The van der Waals surface area contributed by atoms with E-state index in [4.69, 9.17) is 9.52 Å². The van der Waals surface area contributed by atoms with Gasteiger partial charge in [-0.25, -0.2) is 8.42 Å². The molecule has 120 valence electrons. The number of rotatable bonds is 5. The van der Waals surface area contributed by atoms with Gasteiger partial charge in [-0.15, -0.1) is 0 Å². The molecule has 0 aromatic carbocycles. The zero-order valence-electron chi connectivity index (χ0n) is 12.2. The standard InChI is InChI=1S/C13H21BrN2O4S/c1-15(2)8-10-3-5-16(6-4-10)21(18,19)12-7-11(9-17)20-13(12)14/h7,10,17H,3-6,8-9H2,1-2H3. The molecular formula is C13H21BrN2O4S. The van der Waals surface area contributed by atoms with Gasteiger partial charge in [-0.05, 0) is 48.8 Å². The molecule has 0 atom stereocenters. The molecule has 21 heavy (non-hydrogen) atoms. The van der Waals surface area contributed by atoms with Crippen molar-refractivity contribution < 1.29 is 17.9 Å². The van der Waals surface area contributed by atoms with E-state index in [1.165, 1.54) is 10.4 Å². The van der Waals surface area contributed by atoms with Crippen LogP contribution >= 0.6 is 15.9 Å². The third-order valence-corrected chi connectivity index (χ3v) is 6.43. The second kappa shape index (κ2) is 6.78. The van der Waals surface area contributed by atoms with E-state index in [2.05, 4.69) is 20.8 Å². The molecule has 0 bridgehead atoms. The molecule has 1 fully saturated rings. The summed E-state index contributed by atoms with van der Waals surface area (Å²) in [5.41, 5.74) is 0. The van der Waals surface area contributed by atoms with E-state index in [0.29, 0.717) is 19.0 Å². The first-order chi connectivity index (χ1) is 9.84. The normalized spacial score (nSPS) is 18.5. The SMILES string of the molecule is CN(C)CC1CCN(S(=O)(=O)c2cc(CO)oc2Br)CC1. The van der Waals surface area contributed by atoms with Gasteiger partial charge in [0.1, 0.15) is 17.3 Å². The Morgan fingerprint density at radius 2 is 2.05 bits per heavy atom. The molecule has 1 aromatic heterocycles. The molecule has 0 spiro atoms. The monoisotopic (exact) mass is 380 g/mol. The topological polar surface area (TPSA) is 74.0 Å². The lowest BCUT2D eigenvalue weighted by molar-refractivity contribution is 0.224. The van der Waals surface area contributed by atoms with Crippen molar-refractivity contribution >= 4 is 26.0 Å². The van der Waals surface area contributed by atoms with Crippen molar-refractivity contribution in [3.8, 4) is 0 Å². The highest BCUT2D eigenvalue weighted by molar-refractivity contribution is 9.10. The van der Waals surface area contributed by atoms with E-state index in [0.717, 1.165) is 19.4 Å². The molecule has 6 nitrogen and oxygen atoms in total. The molecule has 0 saturated carbocycles. The number of hydrogen-bond acceptors (Lipinski definition) is 5. The van der Waals surface area contributed by atoms with Crippen LogP contribution in [0.1, 0.15) is 18.6 Å². The highest BCUT2D eigenvalue weighted by atomic mass is 79.9. The van der Waals surface area contributed by atoms with E-state index in [1.54, 1.807) is 0 Å². The van der Waals surface area contributed by atoms with E-state index in [1.807, 2.05) is 14.1 Å². The second-order valence-corrected chi connectivity index (χ2v) is 8.25. The minimum absolute atomic E-state index is 0.0950.